The fourth-order valence-electron chi connectivity index (χ4n) is 7.00. The number of piperazine rings is 1. The molecular formula is C28H50ClN7O. The van der Waals surface area contributed by atoms with Crippen LogP contribution in [-0.4, -0.2) is 96.9 Å². The van der Waals surface area contributed by atoms with Gasteiger partial charge in [-0.2, -0.15) is 0 Å². The summed E-state index contributed by atoms with van der Waals surface area (Å²) in [5.41, 5.74) is 12.7. The average molecular weight is 536 g/mol. The summed E-state index contributed by atoms with van der Waals surface area (Å²) in [7, 11) is 0. The first kappa shape index (κ1) is 29.0. The largest absolute Gasteiger partial charge is 0.350 e. The minimum Gasteiger partial charge on any atom is -0.350 e. The highest BCUT2D eigenvalue weighted by molar-refractivity contribution is 6.29. The number of aliphatic imine (C=N–C) groups is 1. The van der Waals surface area contributed by atoms with Crippen LogP contribution >= 0.6 is 11.6 Å². The highest BCUT2D eigenvalue weighted by Gasteiger charge is 2.41. The number of rotatable bonds is 6. The maximum absolute atomic E-state index is 13.9. The van der Waals surface area contributed by atoms with Gasteiger partial charge in [-0.25, -0.2) is 0 Å². The van der Waals surface area contributed by atoms with Crippen LogP contribution in [-0.2, 0) is 4.79 Å². The monoisotopic (exact) mass is 535 g/mol. The van der Waals surface area contributed by atoms with Crippen molar-refractivity contribution in [1.29, 1.82) is 0 Å². The van der Waals surface area contributed by atoms with E-state index in [1.54, 1.807) is 6.21 Å². The SMILES string of the molecule is CC(C)N1CCN(C2CCNCC2NC(=O)C(C(N)N)C2CC3(/C=C\C(Cl)/C=N\2)CCCCCC3)CC1. The first-order valence-electron chi connectivity index (χ1n) is 14.6. The summed E-state index contributed by atoms with van der Waals surface area (Å²) in [6.07, 6.45) is 14.3. The molecule has 1 spiro atoms. The summed E-state index contributed by atoms with van der Waals surface area (Å²) >= 11 is 6.54. The maximum atomic E-state index is 13.9. The highest BCUT2D eigenvalue weighted by Crippen LogP contribution is 2.43. The van der Waals surface area contributed by atoms with Crippen LogP contribution in [0.15, 0.2) is 17.1 Å². The third kappa shape index (κ3) is 7.55. The topological polar surface area (TPSA) is 112 Å². The molecule has 1 saturated carbocycles. The quantitative estimate of drug-likeness (QED) is 0.235. The zero-order valence-corrected chi connectivity index (χ0v) is 23.7. The normalized spacial score (nSPS) is 34.5. The van der Waals surface area contributed by atoms with E-state index in [-0.39, 0.29) is 28.8 Å². The lowest BCUT2D eigenvalue weighted by Crippen LogP contribution is -2.65. The molecule has 0 aromatic rings. The van der Waals surface area contributed by atoms with Gasteiger partial charge in [-0.15, -0.1) is 11.6 Å². The van der Waals surface area contributed by atoms with E-state index in [0.717, 1.165) is 65.0 Å². The zero-order valence-electron chi connectivity index (χ0n) is 23.0. The lowest BCUT2D eigenvalue weighted by molar-refractivity contribution is -0.128. The molecule has 6 N–H and O–H groups in total. The molecule has 9 heteroatoms. The molecule has 1 amide bonds. The van der Waals surface area contributed by atoms with E-state index in [1.165, 1.54) is 25.7 Å². The third-order valence-electron chi connectivity index (χ3n) is 9.22. The average Bonchev–Trinajstić information content (AvgIpc) is 3.11. The van der Waals surface area contributed by atoms with Crippen molar-refractivity contribution < 1.29 is 4.79 Å². The first-order valence-corrected chi connectivity index (χ1v) is 15.1. The van der Waals surface area contributed by atoms with Gasteiger partial charge in [-0.1, -0.05) is 37.8 Å². The van der Waals surface area contributed by atoms with E-state index >= 15 is 0 Å². The summed E-state index contributed by atoms with van der Waals surface area (Å²) in [6, 6.07) is 0.631. The summed E-state index contributed by atoms with van der Waals surface area (Å²) in [5.74, 6) is -0.664. The Bertz CT molecular complexity index is 787. The number of nitrogens with one attached hydrogen (secondary N) is 2. The van der Waals surface area contributed by atoms with Gasteiger partial charge in [0.05, 0.1) is 29.5 Å². The second-order valence-electron chi connectivity index (χ2n) is 12.1. The Kier molecular flexibility index (Phi) is 10.5. The number of hydrogen-bond donors (Lipinski definition) is 4. The maximum Gasteiger partial charge on any atom is 0.228 e. The van der Waals surface area contributed by atoms with Crippen LogP contribution in [0.3, 0.4) is 0 Å². The number of nitrogens with two attached hydrogens (primary N) is 2. The summed E-state index contributed by atoms with van der Waals surface area (Å²) in [5, 5.41) is 6.60. The van der Waals surface area contributed by atoms with Gasteiger partial charge in [0.15, 0.2) is 0 Å². The fourth-order valence-corrected chi connectivity index (χ4v) is 7.14. The van der Waals surface area contributed by atoms with Gasteiger partial charge in [0, 0.05) is 51.0 Å². The Balaban J connectivity index is 1.48. The molecular weight excluding hydrogens is 486 g/mol. The number of allylic oxidation sites excluding steroid dienone is 2. The molecule has 4 rings (SSSR count). The van der Waals surface area contributed by atoms with Crippen LogP contribution in [0.2, 0.25) is 0 Å². The minimum absolute atomic E-state index is 0.00447. The molecule has 37 heavy (non-hydrogen) atoms. The number of amides is 1. The number of hydrogen-bond acceptors (Lipinski definition) is 7. The number of carbonyl (C=O) groups is 1. The van der Waals surface area contributed by atoms with Gasteiger partial charge in [0.25, 0.3) is 0 Å². The number of alkyl halides is 1. The molecule has 3 fully saturated rings. The molecule has 4 aliphatic rings. The number of piperidine rings is 1. The van der Waals surface area contributed by atoms with Crippen molar-refractivity contribution in [3.05, 3.63) is 12.2 Å². The van der Waals surface area contributed by atoms with Crippen LogP contribution < -0.4 is 22.1 Å². The summed E-state index contributed by atoms with van der Waals surface area (Å²) < 4.78 is 0. The van der Waals surface area contributed by atoms with Crippen LogP contribution in [0.1, 0.15) is 65.2 Å². The second-order valence-corrected chi connectivity index (χ2v) is 12.6. The highest BCUT2D eigenvalue weighted by atomic mass is 35.5. The molecule has 5 atom stereocenters. The van der Waals surface area contributed by atoms with Crippen molar-refractivity contribution in [2.24, 2.45) is 27.8 Å². The van der Waals surface area contributed by atoms with Crippen molar-refractivity contribution in [2.45, 2.75) is 101 Å². The summed E-state index contributed by atoms with van der Waals surface area (Å²) in [6.45, 7) is 10.5. The Morgan fingerprint density at radius 2 is 1.84 bits per heavy atom. The number of halogens is 1. The zero-order chi connectivity index (χ0) is 26.4. The molecule has 1 aliphatic carbocycles. The predicted molar refractivity (Wildman–Crippen MR) is 153 cm³/mol. The lowest BCUT2D eigenvalue weighted by atomic mass is 9.72. The Morgan fingerprint density at radius 3 is 2.49 bits per heavy atom. The number of nitrogens with zero attached hydrogens (tertiary/aromatic N) is 3. The van der Waals surface area contributed by atoms with E-state index in [0.29, 0.717) is 12.1 Å². The van der Waals surface area contributed by atoms with E-state index in [9.17, 15) is 4.79 Å². The molecule has 0 aromatic heterocycles. The molecule has 5 unspecified atom stereocenters. The predicted octanol–water partition coefficient (Wildman–Crippen LogP) is 2.07. The van der Waals surface area contributed by atoms with Crippen molar-refractivity contribution >= 4 is 23.7 Å². The second kappa shape index (κ2) is 13.4. The first-order chi connectivity index (χ1) is 17.8. The Labute approximate surface area is 229 Å². The lowest BCUT2D eigenvalue weighted by Gasteiger charge is -2.45. The molecule has 3 aliphatic heterocycles. The van der Waals surface area contributed by atoms with Gasteiger partial charge in [-0.3, -0.25) is 19.6 Å². The fraction of sp³-hybridized carbons (Fsp3) is 0.857. The molecule has 2 saturated heterocycles. The smallest absolute Gasteiger partial charge is 0.228 e. The van der Waals surface area contributed by atoms with Crippen LogP contribution in [0.4, 0.5) is 0 Å². The van der Waals surface area contributed by atoms with Gasteiger partial charge >= 0.3 is 0 Å². The Hall–Kier alpha value is -1.03. The van der Waals surface area contributed by atoms with Crippen molar-refractivity contribution in [2.75, 3.05) is 39.3 Å². The van der Waals surface area contributed by atoms with E-state index < -0.39 is 12.1 Å². The minimum atomic E-state index is -0.785. The summed E-state index contributed by atoms with van der Waals surface area (Å²) in [4.78, 5) is 23.8. The Morgan fingerprint density at radius 1 is 1.14 bits per heavy atom. The van der Waals surface area contributed by atoms with E-state index in [1.807, 2.05) is 0 Å². The molecule has 0 aromatic carbocycles. The molecule has 3 heterocycles. The van der Waals surface area contributed by atoms with Gasteiger partial charge in [0.1, 0.15) is 0 Å². The van der Waals surface area contributed by atoms with Gasteiger partial charge in [-0.05, 0) is 51.5 Å². The van der Waals surface area contributed by atoms with Crippen molar-refractivity contribution in [3.8, 4) is 0 Å². The van der Waals surface area contributed by atoms with Crippen LogP contribution in [0, 0.1) is 11.3 Å². The van der Waals surface area contributed by atoms with E-state index in [2.05, 4.69) is 46.4 Å². The van der Waals surface area contributed by atoms with Crippen molar-refractivity contribution in [3.63, 3.8) is 0 Å². The standard InChI is InChI=1S/C28H50ClN7O/c1-20(2)35-13-15-36(16-14-35)24-8-12-32-19-23(24)34-27(37)25(26(30)31)22-17-28(9-5-3-4-6-10-28)11-7-21(29)18-33-22/h7,11,18,20-26,32H,3-6,8-10,12-17,19,30-31H2,1-2H3,(H,34,37)/b11-7-,33-18-. The van der Waals surface area contributed by atoms with Crippen LogP contribution in [0.25, 0.3) is 0 Å². The van der Waals surface area contributed by atoms with Crippen molar-refractivity contribution in [1.82, 2.24) is 20.4 Å². The molecule has 8 nitrogen and oxygen atoms in total. The number of carbonyl (C=O) groups excluding carboxylic acids is 1. The molecule has 0 bridgehead atoms. The van der Waals surface area contributed by atoms with Crippen LogP contribution in [0.5, 0.6) is 0 Å². The molecule has 210 valence electrons. The third-order valence-corrected chi connectivity index (χ3v) is 9.48. The molecule has 0 radical (unpaired) electrons. The van der Waals surface area contributed by atoms with Gasteiger partial charge < -0.3 is 22.1 Å². The van der Waals surface area contributed by atoms with Gasteiger partial charge in [0.2, 0.25) is 5.91 Å². The van der Waals surface area contributed by atoms with E-state index in [4.69, 9.17) is 28.1 Å².